The molecule has 0 spiro atoms. The van der Waals surface area contributed by atoms with Crippen LogP contribution in [0.2, 0.25) is 0 Å². The number of nitrogens with zero attached hydrogens (tertiary/aromatic N) is 1. The molecular weight excluding hydrogens is 267 g/mol. The molecule has 1 unspecified atom stereocenters. The van der Waals surface area contributed by atoms with Gasteiger partial charge in [0.25, 0.3) is 0 Å². The fourth-order valence-electron chi connectivity index (χ4n) is 3.10. The summed E-state index contributed by atoms with van der Waals surface area (Å²) in [5.74, 6) is -0.166. The molecule has 1 amide bonds. The fourth-order valence-corrected chi connectivity index (χ4v) is 3.10. The Morgan fingerprint density at radius 3 is 2.38 bits per heavy atom. The summed E-state index contributed by atoms with van der Waals surface area (Å²) in [5, 5.41) is 2.85. The Hall–Kier alpha value is -1.42. The predicted molar refractivity (Wildman–Crippen MR) is 84.1 cm³/mol. The lowest BCUT2D eigenvalue weighted by molar-refractivity contribution is -0.120. The van der Waals surface area contributed by atoms with Crippen LogP contribution < -0.4 is 5.32 Å². The SMILES string of the molecule is Cc1cc(NC(=O)C(C)N2CCCC2)cc(F)c1C(C)C. The maximum absolute atomic E-state index is 14.2. The number of rotatable bonds is 4. The Labute approximate surface area is 126 Å². The summed E-state index contributed by atoms with van der Waals surface area (Å²) in [6.07, 6.45) is 2.29. The van der Waals surface area contributed by atoms with Crippen LogP contribution in [0.3, 0.4) is 0 Å². The van der Waals surface area contributed by atoms with Crippen molar-refractivity contribution in [3.63, 3.8) is 0 Å². The molecule has 1 aromatic rings. The smallest absolute Gasteiger partial charge is 0.241 e. The monoisotopic (exact) mass is 292 g/mol. The molecule has 0 bridgehead atoms. The highest BCUT2D eigenvalue weighted by Crippen LogP contribution is 2.26. The molecule has 1 aromatic carbocycles. The number of amides is 1. The van der Waals surface area contributed by atoms with E-state index in [0.29, 0.717) is 5.69 Å². The van der Waals surface area contributed by atoms with Crippen LogP contribution in [0.5, 0.6) is 0 Å². The minimum atomic E-state index is -0.242. The van der Waals surface area contributed by atoms with Gasteiger partial charge < -0.3 is 5.32 Å². The first kappa shape index (κ1) is 16.0. The standard InChI is InChI=1S/C17H25FN2O/c1-11(2)16-12(3)9-14(10-15(16)18)19-17(21)13(4)20-7-5-6-8-20/h9-11,13H,5-8H2,1-4H3,(H,19,21). The minimum Gasteiger partial charge on any atom is -0.325 e. The summed E-state index contributed by atoms with van der Waals surface area (Å²) < 4.78 is 14.2. The van der Waals surface area contributed by atoms with Crippen LogP contribution in [-0.2, 0) is 4.79 Å². The van der Waals surface area contributed by atoms with Crippen molar-refractivity contribution in [2.45, 2.75) is 52.5 Å². The Kier molecular flexibility index (Phi) is 4.99. The number of anilines is 1. The molecule has 2 rings (SSSR count). The summed E-state index contributed by atoms with van der Waals surface area (Å²) in [6, 6.07) is 3.12. The maximum Gasteiger partial charge on any atom is 0.241 e. The van der Waals surface area contributed by atoms with Gasteiger partial charge in [-0.3, -0.25) is 9.69 Å². The van der Waals surface area contributed by atoms with Gasteiger partial charge in [0.1, 0.15) is 5.82 Å². The first-order valence-corrected chi connectivity index (χ1v) is 7.75. The lowest BCUT2D eigenvalue weighted by Gasteiger charge is -2.23. The van der Waals surface area contributed by atoms with Crippen LogP contribution >= 0.6 is 0 Å². The van der Waals surface area contributed by atoms with Gasteiger partial charge in [0.2, 0.25) is 5.91 Å². The van der Waals surface area contributed by atoms with E-state index in [1.165, 1.54) is 6.07 Å². The number of hydrogen-bond donors (Lipinski definition) is 1. The van der Waals surface area contributed by atoms with Crippen molar-refractivity contribution in [3.05, 3.63) is 29.1 Å². The Bertz CT molecular complexity index is 499. The van der Waals surface area contributed by atoms with Crippen molar-refractivity contribution in [3.8, 4) is 0 Å². The van der Waals surface area contributed by atoms with Crippen molar-refractivity contribution < 1.29 is 9.18 Å². The summed E-state index contributed by atoms with van der Waals surface area (Å²) in [7, 11) is 0. The van der Waals surface area contributed by atoms with Crippen molar-refractivity contribution in [1.82, 2.24) is 4.90 Å². The van der Waals surface area contributed by atoms with Crippen LogP contribution in [0.4, 0.5) is 10.1 Å². The number of carbonyl (C=O) groups excluding carboxylic acids is 1. The zero-order chi connectivity index (χ0) is 15.6. The van der Waals surface area contributed by atoms with Crippen LogP contribution in [0.1, 0.15) is 50.7 Å². The van der Waals surface area contributed by atoms with Gasteiger partial charge in [0.15, 0.2) is 0 Å². The van der Waals surface area contributed by atoms with Gasteiger partial charge >= 0.3 is 0 Å². The van der Waals surface area contributed by atoms with Crippen LogP contribution in [0.25, 0.3) is 0 Å². The van der Waals surface area contributed by atoms with Gasteiger partial charge in [-0.05, 0) is 69.0 Å². The van der Waals surface area contributed by atoms with Gasteiger partial charge in [0.05, 0.1) is 6.04 Å². The lowest BCUT2D eigenvalue weighted by Crippen LogP contribution is -2.40. The molecule has 1 saturated heterocycles. The highest BCUT2D eigenvalue weighted by atomic mass is 19.1. The number of nitrogens with one attached hydrogen (secondary N) is 1. The molecule has 1 atom stereocenters. The second-order valence-corrected chi connectivity index (χ2v) is 6.25. The van der Waals surface area contributed by atoms with Gasteiger partial charge in [-0.1, -0.05) is 13.8 Å². The second kappa shape index (κ2) is 6.56. The average molecular weight is 292 g/mol. The number of aryl methyl sites for hydroxylation is 1. The zero-order valence-corrected chi connectivity index (χ0v) is 13.4. The summed E-state index contributed by atoms with van der Waals surface area (Å²) >= 11 is 0. The molecule has 0 saturated carbocycles. The van der Waals surface area contributed by atoms with Gasteiger partial charge in [-0.25, -0.2) is 4.39 Å². The Morgan fingerprint density at radius 1 is 1.24 bits per heavy atom. The number of halogens is 1. The van der Waals surface area contributed by atoms with Crippen molar-refractivity contribution in [2.24, 2.45) is 0 Å². The number of hydrogen-bond acceptors (Lipinski definition) is 2. The summed E-state index contributed by atoms with van der Waals surface area (Å²) in [4.78, 5) is 14.4. The van der Waals surface area contributed by atoms with E-state index in [-0.39, 0.29) is 23.7 Å². The van der Waals surface area contributed by atoms with Gasteiger partial charge in [-0.15, -0.1) is 0 Å². The zero-order valence-electron chi connectivity index (χ0n) is 13.4. The van der Waals surface area contributed by atoms with Gasteiger partial charge in [-0.2, -0.15) is 0 Å². The molecule has 0 aliphatic carbocycles. The molecule has 0 aromatic heterocycles. The fraction of sp³-hybridized carbons (Fsp3) is 0.588. The molecule has 3 nitrogen and oxygen atoms in total. The van der Waals surface area contributed by atoms with E-state index >= 15 is 0 Å². The largest absolute Gasteiger partial charge is 0.325 e. The van der Waals surface area contributed by atoms with E-state index in [9.17, 15) is 9.18 Å². The van der Waals surface area contributed by atoms with Gasteiger partial charge in [0, 0.05) is 5.69 Å². The van der Waals surface area contributed by atoms with Crippen molar-refractivity contribution in [1.29, 1.82) is 0 Å². The summed E-state index contributed by atoms with van der Waals surface area (Å²) in [5.41, 5.74) is 2.15. The highest BCUT2D eigenvalue weighted by molar-refractivity contribution is 5.94. The molecular formula is C17H25FN2O. The Morgan fingerprint density at radius 2 is 1.86 bits per heavy atom. The van der Waals surface area contributed by atoms with Crippen molar-refractivity contribution in [2.75, 3.05) is 18.4 Å². The number of carbonyl (C=O) groups is 1. The molecule has 1 N–H and O–H groups in total. The molecule has 21 heavy (non-hydrogen) atoms. The maximum atomic E-state index is 14.2. The predicted octanol–water partition coefficient (Wildman–Crippen LogP) is 3.68. The van der Waals surface area contributed by atoms with Crippen LogP contribution in [0.15, 0.2) is 12.1 Å². The molecule has 1 fully saturated rings. The first-order valence-electron chi connectivity index (χ1n) is 7.75. The highest BCUT2D eigenvalue weighted by Gasteiger charge is 2.24. The first-order chi connectivity index (χ1) is 9.90. The second-order valence-electron chi connectivity index (χ2n) is 6.25. The van der Waals surface area contributed by atoms with E-state index in [1.807, 2.05) is 33.8 Å². The molecule has 116 valence electrons. The average Bonchev–Trinajstić information content (AvgIpc) is 2.89. The normalized spacial score (nSPS) is 17.2. The van der Waals surface area contributed by atoms with Crippen LogP contribution in [0, 0.1) is 12.7 Å². The quantitative estimate of drug-likeness (QED) is 0.918. The number of benzene rings is 1. The lowest BCUT2D eigenvalue weighted by atomic mass is 9.97. The molecule has 1 heterocycles. The summed E-state index contributed by atoms with van der Waals surface area (Å²) in [6.45, 7) is 9.67. The third-order valence-corrected chi connectivity index (χ3v) is 4.25. The molecule has 1 aliphatic heterocycles. The van der Waals surface area contributed by atoms with Crippen LogP contribution in [-0.4, -0.2) is 29.9 Å². The van der Waals surface area contributed by atoms with E-state index in [0.717, 1.165) is 37.1 Å². The molecule has 1 aliphatic rings. The molecule has 4 heteroatoms. The van der Waals surface area contributed by atoms with Crippen molar-refractivity contribution >= 4 is 11.6 Å². The molecule has 0 radical (unpaired) electrons. The third-order valence-electron chi connectivity index (χ3n) is 4.25. The Balaban J connectivity index is 2.10. The van der Waals surface area contributed by atoms with E-state index < -0.39 is 0 Å². The van der Waals surface area contributed by atoms with E-state index in [2.05, 4.69) is 10.2 Å². The number of likely N-dealkylation sites (tertiary alicyclic amines) is 1. The topological polar surface area (TPSA) is 32.3 Å². The minimum absolute atomic E-state index is 0.0620. The van der Waals surface area contributed by atoms with E-state index in [4.69, 9.17) is 0 Å². The third kappa shape index (κ3) is 3.62. The van der Waals surface area contributed by atoms with E-state index in [1.54, 1.807) is 0 Å².